The van der Waals surface area contributed by atoms with E-state index in [1.165, 1.54) is 0 Å². The lowest BCUT2D eigenvalue weighted by atomic mass is 10.0. The van der Waals surface area contributed by atoms with E-state index in [9.17, 15) is 14.4 Å². The lowest BCUT2D eigenvalue weighted by molar-refractivity contribution is -0.127. The van der Waals surface area contributed by atoms with E-state index in [0.717, 1.165) is 27.8 Å². The average Bonchev–Trinajstić information content (AvgIpc) is 3.52. The Morgan fingerprint density at radius 1 is 1.10 bits per heavy atom. The summed E-state index contributed by atoms with van der Waals surface area (Å²) in [6.07, 6.45) is 3.86. The number of imide groups is 1. The third-order valence-corrected chi connectivity index (χ3v) is 7.00. The number of benzene rings is 3. The molecule has 0 aromatic heterocycles. The summed E-state index contributed by atoms with van der Waals surface area (Å²) in [7, 11) is 1.54. The fourth-order valence-electron chi connectivity index (χ4n) is 4.23. The summed E-state index contributed by atoms with van der Waals surface area (Å²) in [6, 6.07) is 18.3. The molecular formula is C30H26N2O7S. The lowest BCUT2D eigenvalue weighted by Gasteiger charge is -2.16. The lowest BCUT2D eigenvalue weighted by Crippen LogP contribution is -2.36. The fraction of sp³-hybridized carbons (Fsp3) is 0.167. The van der Waals surface area contributed by atoms with Crippen LogP contribution < -0.4 is 24.3 Å². The molecule has 1 saturated heterocycles. The second kappa shape index (κ2) is 12.0. The van der Waals surface area contributed by atoms with Gasteiger partial charge in [0.1, 0.15) is 13.2 Å². The minimum absolute atomic E-state index is 0.111. The zero-order valence-corrected chi connectivity index (χ0v) is 22.5. The summed E-state index contributed by atoms with van der Waals surface area (Å²) in [5.41, 5.74) is 2.94. The van der Waals surface area contributed by atoms with Gasteiger partial charge in [0.05, 0.1) is 12.0 Å². The molecule has 0 unspecified atom stereocenters. The molecule has 0 bridgehead atoms. The van der Waals surface area contributed by atoms with E-state index >= 15 is 0 Å². The maximum Gasteiger partial charge on any atom is 0.294 e. The van der Waals surface area contributed by atoms with Crippen LogP contribution in [-0.2, 0) is 22.6 Å². The Kier molecular flexibility index (Phi) is 8.07. The van der Waals surface area contributed by atoms with Crippen molar-refractivity contribution in [2.75, 3.05) is 25.8 Å². The van der Waals surface area contributed by atoms with Crippen LogP contribution in [-0.4, -0.2) is 42.4 Å². The van der Waals surface area contributed by atoms with Crippen LogP contribution in [0.2, 0.25) is 0 Å². The fourth-order valence-corrected chi connectivity index (χ4v) is 5.06. The van der Waals surface area contributed by atoms with Crippen molar-refractivity contribution < 1.29 is 33.3 Å². The van der Waals surface area contributed by atoms with E-state index in [-0.39, 0.29) is 11.7 Å². The molecule has 1 fully saturated rings. The highest BCUT2D eigenvalue weighted by Gasteiger charge is 2.36. The van der Waals surface area contributed by atoms with E-state index in [1.807, 2.05) is 36.4 Å². The number of hydrogen-bond donors (Lipinski definition) is 1. The van der Waals surface area contributed by atoms with Gasteiger partial charge in [-0.2, -0.15) is 0 Å². The van der Waals surface area contributed by atoms with E-state index in [4.69, 9.17) is 18.9 Å². The topological polar surface area (TPSA) is 103 Å². The molecule has 3 aromatic rings. The number of hydrogen-bond acceptors (Lipinski definition) is 8. The number of nitrogens with zero attached hydrogens (tertiary/aromatic N) is 1. The average molecular weight is 559 g/mol. The first-order valence-electron chi connectivity index (χ1n) is 12.4. The zero-order chi connectivity index (χ0) is 28.1. The van der Waals surface area contributed by atoms with E-state index in [0.29, 0.717) is 47.3 Å². The second-order valence-corrected chi connectivity index (χ2v) is 9.86. The smallest absolute Gasteiger partial charge is 0.294 e. The number of fused-ring (bicyclic) bond motifs is 1. The Bertz CT molecular complexity index is 1500. The third kappa shape index (κ3) is 5.97. The van der Waals surface area contributed by atoms with Crippen molar-refractivity contribution in [3.8, 4) is 23.0 Å². The monoisotopic (exact) mass is 558 g/mol. The maximum absolute atomic E-state index is 13.1. The molecule has 40 heavy (non-hydrogen) atoms. The summed E-state index contributed by atoms with van der Waals surface area (Å²) in [5, 5.41) is 2.15. The van der Waals surface area contributed by atoms with Gasteiger partial charge in [0, 0.05) is 17.3 Å². The van der Waals surface area contributed by atoms with Crippen molar-refractivity contribution >= 4 is 40.6 Å². The Balaban J connectivity index is 1.31. The van der Waals surface area contributed by atoms with Crippen molar-refractivity contribution in [1.82, 2.24) is 4.90 Å². The predicted octanol–water partition coefficient (Wildman–Crippen LogP) is 5.41. The number of ether oxygens (including phenoxy) is 4. The molecule has 2 aliphatic heterocycles. The van der Waals surface area contributed by atoms with Gasteiger partial charge in [-0.1, -0.05) is 36.4 Å². The number of carbonyl (C=O) groups excluding carboxylic acids is 3. The summed E-state index contributed by atoms with van der Waals surface area (Å²) in [6.45, 7) is 3.88. The molecule has 0 atom stereocenters. The van der Waals surface area contributed by atoms with Crippen molar-refractivity contribution in [3.63, 3.8) is 0 Å². The standard InChI is InChI=1S/C30H26N2O7S/c1-3-7-21-12-20(13-25(36-2)28(21)37-17-19-8-5-4-6-9-19)14-26-29(34)32(30(35)40-26)16-27(33)31-22-10-11-23-24(15-22)39-18-38-23/h3-6,8-15H,1,7,16-18H2,2H3,(H,31,33)/b26-14+. The first-order valence-corrected chi connectivity index (χ1v) is 13.2. The maximum atomic E-state index is 13.1. The van der Waals surface area contributed by atoms with Crippen LogP contribution in [0.3, 0.4) is 0 Å². The normalized spacial score (nSPS) is 14.9. The van der Waals surface area contributed by atoms with Gasteiger partial charge in [-0.25, -0.2) is 0 Å². The van der Waals surface area contributed by atoms with Gasteiger partial charge < -0.3 is 24.3 Å². The van der Waals surface area contributed by atoms with Crippen LogP contribution in [0.5, 0.6) is 23.0 Å². The van der Waals surface area contributed by atoms with Crippen molar-refractivity contribution in [3.05, 3.63) is 94.9 Å². The van der Waals surface area contributed by atoms with Crippen LogP contribution in [0.15, 0.2) is 78.2 Å². The van der Waals surface area contributed by atoms with Gasteiger partial charge in [-0.05, 0) is 59.7 Å². The molecule has 3 amide bonds. The number of anilines is 1. The van der Waals surface area contributed by atoms with Crippen molar-refractivity contribution in [2.45, 2.75) is 13.0 Å². The van der Waals surface area contributed by atoms with Crippen LogP contribution in [0, 0.1) is 0 Å². The zero-order valence-electron chi connectivity index (χ0n) is 21.7. The molecule has 204 valence electrons. The Hall–Kier alpha value is -4.70. The minimum atomic E-state index is -0.551. The number of carbonyl (C=O) groups is 3. The molecule has 2 heterocycles. The van der Waals surface area contributed by atoms with Crippen LogP contribution >= 0.6 is 11.8 Å². The van der Waals surface area contributed by atoms with Crippen LogP contribution in [0.1, 0.15) is 16.7 Å². The number of amides is 3. The predicted molar refractivity (Wildman–Crippen MR) is 152 cm³/mol. The molecule has 3 aromatic carbocycles. The summed E-state index contributed by atoms with van der Waals surface area (Å²) < 4.78 is 22.3. The molecule has 5 rings (SSSR count). The minimum Gasteiger partial charge on any atom is -0.493 e. The number of methoxy groups -OCH3 is 1. The summed E-state index contributed by atoms with van der Waals surface area (Å²) >= 11 is 0.775. The highest BCUT2D eigenvalue weighted by molar-refractivity contribution is 8.18. The number of thioether (sulfide) groups is 1. The molecule has 10 heteroatoms. The van der Waals surface area contributed by atoms with Gasteiger partial charge in [0.2, 0.25) is 12.7 Å². The molecule has 1 N–H and O–H groups in total. The Morgan fingerprint density at radius 2 is 1.90 bits per heavy atom. The Morgan fingerprint density at radius 3 is 2.67 bits per heavy atom. The quantitative estimate of drug-likeness (QED) is 0.260. The molecule has 2 aliphatic rings. The van der Waals surface area contributed by atoms with Gasteiger partial charge in [0.25, 0.3) is 11.1 Å². The number of rotatable bonds is 10. The van der Waals surface area contributed by atoms with E-state index in [1.54, 1.807) is 43.5 Å². The molecule has 0 aliphatic carbocycles. The largest absolute Gasteiger partial charge is 0.493 e. The number of allylic oxidation sites excluding steroid dienone is 1. The van der Waals surface area contributed by atoms with Gasteiger partial charge in [-0.3, -0.25) is 19.3 Å². The van der Waals surface area contributed by atoms with E-state index < -0.39 is 23.6 Å². The molecule has 0 spiro atoms. The first-order chi connectivity index (χ1) is 19.4. The van der Waals surface area contributed by atoms with Gasteiger partial charge >= 0.3 is 0 Å². The highest BCUT2D eigenvalue weighted by Crippen LogP contribution is 2.38. The summed E-state index contributed by atoms with van der Waals surface area (Å²) in [4.78, 5) is 39.5. The molecular weight excluding hydrogens is 532 g/mol. The number of nitrogens with one attached hydrogen (secondary N) is 1. The van der Waals surface area contributed by atoms with Gasteiger partial charge in [0.15, 0.2) is 23.0 Å². The highest BCUT2D eigenvalue weighted by atomic mass is 32.2. The van der Waals surface area contributed by atoms with Crippen molar-refractivity contribution in [1.29, 1.82) is 0 Å². The van der Waals surface area contributed by atoms with Crippen LogP contribution in [0.25, 0.3) is 6.08 Å². The first kappa shape index (κ1) is 26.9. The van der Waals surface area contributed by atoms with Crippen LogP contribution in [0.4, 0.5) is 10.5 Å². The van der Waals surface area contributed by atoms with Crippen molar-refractivity contribution in [2.24, 2.45) is 0 Å². The molecule has 0 saturated carbocycles. The molecule has 0 radical (unpaired) electrons. The molecule has 9 nitrogen and oxygen atoms in total. The van der Waals surface area contributed by atoms with E-state index in [2.05, 4.69) is 11.9 Å². The Labute approximate surface area is 235 Å². The SMILES string of the molecule is C=CCc1cc(/C=C2/SC(=O)N(CC(=O)Nc3ccc4c(c3)OCO4)C2=O)cc(OC)c1OCc1ccccc1. The summed E-state index contributed by atoms with van der Waals surface area (Å²) in [5.74, 6) is 1.09. The third-order valence-electron chi connectivity index (χ3n) is 6.09. The second-order valence-electron chi connectivity index (χ2n) is 8.86. The van der Waals surface area contributed by atoms with Gasteiger partial charge in [-0.15, -0.1) is 6.58 Å².